The van der Waals surface area contributed by atoms with E-state index < -0.39 is 0 Å². The highest BCUT2D eigenvalue weighted by atomic mass is 16.3. The van der Waals surface area contributed by atoms with Crippen LogP contribution in [-0.2, 0) is 10.2 Å². The van der Waals surface area contributed by atoms with Crippen molar-refractivity contribution in [3.8, 4) is 17.0 Å². The number of amides is 1. The van der Waals surface area contributed by atoms with E-state index in [2.05, 4.69) is 28.7 Å². The number of aromatic amines is 1. The molecule has 1 amide bonds. The van der Waals surface area contributed by atoms with Crippen LogP contribution in [-0.4, -0.2) is 44.2 Å². The summed E-state index contributed by atoms with van der Waals surface area (Å²) in [4.78, 5) is 16.7. The van der Waals surface area contributed by atoms with Gasteiger partial charge in [-0.1, -0.05) is 25.6 Å². The number of fused-ring (bicyclic) bond motifs is 1. The number of nitrogens with one attached hydrogen (secondary N) is 1. The van der Waals surface area contributed by atoms with Gasteiger partial charge in [0.05, 0.1) is 5.69 Å². The first-order valence-corrected chi connectivity index (χ1v) is 8.07. The van der Waals surface area contributed by atoms with Gasteiger partial charge in [-0.15, -0.1) is 10.2 Å². The van der Waals surface area contributed by atoms with E-state index in [1.165, 1.54) is 6.08 Å². The van der Waals surface area contributed by atoms with E-state index in [4.69, 9.17) is 0 Å². The molecule has 0 spiro atoms. The number of benzene rings is 1. The van der Waals surface area contributed by atoms with Crippen LogP contribution < -0.4 is 0 Å². The summed E-state index contributed by atoms with van der Waals surface area (Å²) < 4.78 is 0. The number of phenolic OH excluding ortho intramolecular Hbond substituents is 1. The number of carbonyl (C=O) groups excluding carboxylic acids is 1. The maximum atomic E-state index is 11.7. The lowest BCUT2D eigenvalue weighted by Crippen LogP contribution is -2.59. The number of rotatable bonds is 3. The smallest absolute Gasteiger partial charge is 0.246 e. The van der Waals surface area contributed by atoms with Crippen LogP contribution in [0.2, 0.25) is 0 Å². The largest absolute Gasteiger partial charge is 0.507 e. The van der Waals surface area contributed by atoms with Gasteiger partial charge in [0.2, 0.25) is 5.91 Å². The van der Waals surface area contributed by atoms with Crippen LogP contribution in [0.15, 0.2) is 49.1 Å². The first-order valence-electron chi connectivity index (χ1n) is 8.07. The Morgan fingerprint density at radius 1 is 1.32 bits per heavy atom. The van der Waals surface area contributed by atoms with E-state index in [-0.39, 0.29) is 17.1 Å². The molecule has 6 heteroatoms. The van der Waals surface area contributed by atoms with Crippen molar-refractivity contribution in [2.45, 2.75) is 12.3 Å². The fourth-order valence-electron chi connectivity index (χ4n) is 3.33. The van der Waals surface area contributed by atoms with Crippen molar-refractivity contribution in [2.75, 3.05) is 13.1 Å². The van der Waals surface area contributed by atoms with Gasteiger partial charge in [-0.2, -0.15) is 0 Å². The van der Waals surface area contributed by atoms with Crippen LogP contribution in [0.1, 0.15) is 12.6 Å². The Bertz CT molecular complexity index is 986. The van der Waals surface area contributed by atoms with Gasteiger partial charge in [-0.25, -0.2) is 0 Å². The molecule has 1 saturated heterocycles. The zero-order valence-electron chi connectivity index (χ0n) is 13.9. The highest BCUT2D eigenvalue weighted by Gasteiger charge is 2.43. The SMILES string of the molecule is C=CC(=O)N1CC(C)(c2cc3cc(-c4ccccc4O)nnc3[nH]2)C1. The lowest BCUT2D eigenvalue weighted by atomic mass is 9.79. The third-order valence-electron chi connectivity index (χ3n) is 4.77. The number of hydrogen-bond donors (Lipinski definition) is 2. The fourth-order valence-corrected chi connectivity index (χ4v) is 3.33. The zero-order chi connectivity index (χ0) is 17.6. The molecule has 0 bridgehead atoms. The summed E-state index contributed by atoms with van der Waals surface area (Å²) in [5.74, 6) is 0.131. The second-order valence-corrected chi connectivity index (χ2v) is 6.69. The number of aromatic nitrogens is 3. The molecule has 2 N–H and O–H groups in total. The van der Waals surface area contributed by atoms with Gasteiger partial charge in [0.15, 0.2) is 5.65 Å². The van der Waals surface area contributed by atoms with Gasteiger partial charge in [-0.3, -0.25) is 4.79 Å². The van der Waals surface area contributed by atoms with Crippen molar-refractivity contribution in [3.63, 3.8) is 0 Å². The maximum Gasteiger partial charge on any atom is 0.246 e. The summed E-state index contributed by atoms with van der Waals surface area (Å²) in [6.45, 7) is 6.93. The molecule has 0 atom stereocenters. The van der Waals surface area contributed by atoms with Crippen molar-refractivity contribution in [2.24, 2.45) is 0 Å². The summed E-state index contributed by atoms with van der Waals surface area (Å²) in [5, 5.41) is 19.4. The number of nitrogens with zero attached hydrogens (tertiary/aromatic N) is 3. The van der Waals surface area contributed by atoms with Gasteiger partial charge in [0, 0.05) is 35.1 Å². The van der Waals surface area contributed by atoms with Crippen LogP contribution >= 0.6 is 0 Å². The van der Waals surface area contributed by atoms with Crippen LogP contribution in [0.5, 0.6) is 5.75 Å². The number of hydrogen-bond acceptors (Lipinski definition) is 4. The van der Waals surface area contributed by atoms with Crippen molar-refractivity contribution >= 4 is 16.9 Å². The minimum Gasteiger partial charge on any atom is -0.507 e. The van der Waals surface area contributed by atoms with E-state index in [9.17, 15) is 9.90 Å². The topological polar surface area (TPSA) is 82.1 Å². The number of likely N-dealkylation sites (tertiary alicyclic amines) is 1. The van der Waals surface area contributed by atoms with Gasteiger partial charge >= 0.3 is 0 Å². The molecule has 0 radical (unpaired) electrons. The Morgan fingerprint density at radius 2 is 2.08 bits per heavy atom. The molecule has 3 aromatic rings. The van der Waals surface area contributed by atoms with Crippen LogP contribution in [0.4, 0.5) is 0 Å². The Morgan fingerprint density at radius 3 is 2.80 bits per heavy atom. The molecule has 25 heavy (non-hydrogen) atoms. The van der Waals surface area contributed by atoms with Gasteiger partial charge in [0.1, 0.15) is 5.75 Å². The molecule has 1 aliphatic rings. The lowest BCUT2D eigenvalue weighted by Gasteiger charge is -2.47. The second kappa shape index (κ2) is 5.44. The summed E-state index contributed by atoms with van der Waals surface area (Å²) in [7, 11) is 0. The zero-order valence-corrected chi connectivity index (χ0v) is 13.9. The van der Waals surface area contributed by atoms with E-state index in [0.717, 1.165) is 11.1 Å². The van der Waals surface area contributed by atoms with E-state index in [1.807, 2.05) is 24.3 Å². The van der Waals surface area contributed by atoms with E-state index >= 15 is 0 Å². The Labute approximate surface area is 144 Å². The van der Waals surface area contributed by atoms with E-state index in [0.29, 0.717) is 30.0 Å². The molecule has 3 heterocycles. The van der Waals surface area contributed by atoms with Gasteiger partial charge < -0.3 is 15.0 Å². The minimum atomic E-state index is -0.131. The summed E-state index contributed by atoms with van der Waals surface area (Å²) >= 11 is 0. The predicted octanol–water partition coefficient (Wildman–Crippen LogP) is 2.62. The molecule has 0 saturated carbocycles. The molecule has 1 fully saturated rings. The summed E-state index contributed by atoms with van der Waals surface area (Å²) in [6.07, 6.45) is 1.34. The Kier molecular flexibility index (Phi) is 3.35. The van der Waals surface area contributed by atoms with Crippen molar-refractivity contribution in [1.82, 2.24) is 20.1 Å². The number of carbonyl (C=O) groups is 1. The van der Waals surface area contributed by atoms with Crippen molar-refractivity contribution in [1.29, 1.82) is 0 Å². The minimum absolute atomic E-state index is 0.0461. The first kappa shape index (κ1) is 15.4. The molecule has 0 aliphatic carbocycles. The molecule has 6 nitrogen and oxygen atoms in total. The molecule has 126 valence electrons. The number of H-pyrrole nitrogens is 1. The van der Waals surface area contributed by atoms with Gasteiger partial charge in [0.25, 0.3) is 0 Å². The van der Waals surface area contributed by atoms with Crippen LogP contribution in [0.3, 0.4) is 0 Å². The molecular formula is C19H18N4O2. The third-order valence-corrected chi connectivity index (χ3v) is 4.77. The molecule has 4 rings (SSSR count). The maximum absolute atomic E-state index is 11.7. The Hall–Kier alpha value is -3.15. The number of para-hydroxylation sites is 1. The average molecular weight is 334 g/mol. The number of phenols is 1. The van der Waals surface area contributed by atoms with E-state index in [1.54, 1.807) is 17.0 Å². The summed E-state index contributed by atoms with van der Waals surface area (Å²) in [5.41, 5.74) is 2.87. The highest BCUT2D eigenvalue weighted by Crippen LogP contribution is 2.36. The number of aromatic hydroxyl groups is 1. The predicted molar refractivity (Wildman–Crippen MR) is 95.1 cm³/mol. The third kappa shape index (κ3) is 2.46. The normalized spacial score (nSPS) is 15.8. The average Bonchev–Trinajstić information content (AvgIpc) is 3.02. The molecule has 1 aromatic carbocycles. The van der Waals surface area contributed by atoms with Crippen molar-refractivity contribution in [3.05, 3.63) is 54.7 Å². The second-order valence-electron chi connectivity index (χ2n) is 6.69. The standard InChI is InChI=1S/C19H18N4O2/c1-3-17(25)23-10-19(2,11-23)16-9-12-8-14(21-22-18(12)20-16)13-6-4-5-7-15(13)24/h3-9,24H,1,10-11H2,2H3,(H,20,22). The monoisotopic (exact) mass is 334 g/mol. The lowest BCUT2D eigenvalue weighted by molar-refractivity contribution is -0.133. The van der Waals surface area contributed by atoms with Crippen LogP contribution in [0.25, 0.3) is 22.3 Å². The quantitative estimate of drug-likeness (QED) is 0.721. The van der Waals surface area contributed by atoms with Gasteiger partial charge in [-0.05, 0) is 30.3 Å². The molecule has 1 aliphatic heterocycles. The Balaban J connectivity index is 1.67. The summed E-state index contributed by atoms with van der Waals surface area (Å²) in [6, 6.07) is 11.0. The fraction of sp³-hybridized carbons (Fsp3) is 0.211. The van der Waals surface area contributed by atoms with Crippen LogP contribution in [0, 0.1) is 0 Å². The molecule has 0 unspecified atom stereocenters. The molecular weight excluding hydrogens is 316 g/mol. The highest BCUT2D eigenvalue weighted by molar-refractivity contribution is 5.88. The van der Waals surface area contributed by atoms with Crippen molar-refractivity contribution < 1.29 is 9.90 Å². The first-order chi connectivity index (χ1) is 12.0. The molecule has 2 aromatic heterocycles.